The van der Waals surface area contributed by atoms with Crippen molar-refractivity contribution in [2.45, 2.75) is 0 Å². The third-order valence-electron chi connectivity index (χ3n) is 1.98. The molecule has 2 amide bonds. The maximum atomic E-state index is 10.5. The lowest BCUT2D eigenvalue weighted by molar-refractivity contribution is 0.250. The van der Waals surface area contributed by atoms with Crippen molar-refractivity contribution in [2.24, 2.45) is 5.73 Å². The van der Waals surface area contributed by atoms with Crippen LogP contribution in [0.5, 0.6) is 0 Å². The van der Waals surface area contributed by atoms with Crippen LogP contribution < -0.4 is 16.6 Å². The Labute approximate surface area is 86.3 Å². The number of nitrogens with zero attached hydrogens (tertiary/aromatic N) is 1. The lowest BCUT2D eigenvalue weighted by atomic mass is 10.2. The van der Waals surface area contributed by atoms with E-state index in [9.17, 15) is 4.79 Å². The molecule has 1 aromatic heterocycles. The Morgan fingerprint density at radius 2 is 2.07 bits per heavy atom. The van der Waals surface area contributed by atoms with Gasteiger partial charge in [-0.25, -0.2) is 9.78 Å². The number of hydrogen-bond acceptors (Lipinski definition) is 3. The molecule has 0 aliphatic carbocycles. The number of pyridine rings is 1. The predicted octanol–water partition coefficient (Wildman–Crippen LogP) is 1.23. The zero-order valence-electron chi connectivity index (χ0n) is 7.90. The first kappa shape index (κ1) is 9.26. The normalized spacial score (nSPS) is 9.87. The van der Waals surface area contributed by atoms with E-state index in [0.717, 1.165) is 10.8 Å². The third-order valence-corrected chi connectivity index (χ3v) is 1.98. The van der Waals surface area contributed by atoms with Gasteiger partial charge in [0.2, 0.25) is 0 Å². The molecule has 0 spiro atoms. The second-order valence-corrected chi connectivity index (χ2v) is 2.99. The number of hydrogen-bond donors (Lipinski definition) is 3. The molecule has 0 radical (unpaired) electrons. The van der Waals surface area contributed by atoms with E-state index in [1.807, 2.05) is 30.3 Å². The molecule has 1 aromatic carbocycles. The zero-order chi connectivity index (χ0) is 10.7. The number of fused-ring (bicyclic) bond motifs is 1. The average Bonchev–Trinajstić information content (AvgIpc) is 2.26. The summed E-state index contributed by atoms with van der Waals surface area (Å²) in [4.78, 5) is 14.6. The number of amides is 2. The Balaban J connectivity index is 2.38. The molecule has 5 nitrogen and oxygen atoms in total. The molecule has 5 heteroatoms. The highest BCUT2D eigenvalue weighted by molar-refractivity contribution is 5.92. The second kappa shape index (κ2) is 3.83. The predicted molar refractivity (Wildman–Crippen MR) is 58.1 cm³/mol. The van der Waals surface area contributed by atoms with Crippen molar-refractivity contribution < 1.29 is 4.79 Å². The van der Waals surface area contributed by atoms with Crippen LogP contribution in [0.2, 0.25) is 0 Å². The van der Waals surface area contributed by atoms with E-state index in [0.29, 0.717) is 5.82 Å². The molecule has 0 saturated heterocycles. The first-order chi connectivity index (χ1) is 7.27. The maximum Gasteiger partial charge on any atom is 0.330 e. The first-order valence-electron chi connectivity index (χ1n) is 4.42. The van der Waals surface area contributed by atoms with Crippen LogP contribution in [-0.2, 0) is 0 Å². The number of primary amides is 1. The van der Waals surface area contributed by atoms with Gasteiger partial charge in [-0.15, -0.1) is 0 Å². The van der Waals surface area contributed by atoms with E-state index < -0.39 is 6.03 Å². The minimum Gasteiger partial charge on any atom is -0.350 e. The molecule has 0 atom stereocenters. The smallest absolute Gasteiger partial charge is 0.330 e. The van der Waals surface area contributed by atoms with Gasteiger partial charge in [0.25, 0.3) is 0 Å². The Kier molecular flexibility index (Phi) is 2.37. The Hall–Kier alpha value is -2.30. The SMILES string of the molecule is NC(=O)NNc1nccc2ccccc12. The largest absolute Gasteiger partial charge is 0.350 e. The highest BCUT2D eigenvalue weighted by atomic mass is 16.2. The van der Waals surface area contributed by atoms with Crippen LogP contribution in [-0.4, -0.2) is 11.0 Å². The Morgan fingerprint density at radius 3 is 2.87 bits per heavy atom. The minimum absolute atomic E-state index is 0.576. The number of urea groups is 1. The molecule has 4 N–H and O–H groups in total. The summed E-state index contributed by atoms with van der Waals surface area (Å²) >= 11 is 0. The standard InChI is InChI=1S/C10H10N4O/c11-10(15)14-13-9-8-4-2-1-3-7(8)5-6-12-9/h1-6H,(H,12,13)(H3,11,14,15). The first-order valence-corrected chi connectivity index (χ1v) is 4.42. The van der Waals surface area contributed by atoms with Crippen LogP contribution in [0.3, 0.4) is 0 Å². The van der Waals surface area contributed by atoms with Gasteiger partial charge >= 0.3 is 6.03 Å². The number of hydrazine groups is 1. The summed E-state index contributed by atoms with van der Waals surface area (Å²) < 4.78 is 0. The Morgan fingerprint density at radius 1 is 1.27 bits per heavy atom. The molecule has 76 valence electrons. The van der Waals surface area contributed by atoms with Gasteiger partial charge in [0, 0.05) is 11.6 Å². The van der Waals surface area contributed by atoms with Gasteiger partial charge in [0.15, 0.2) is 5.82 Å². The summed E-state index contributed by atoms with van der Waals surface area (Å²) in [5.41, 5.74) is 9.88. The van der Waals surface area contributed by atoms with Crippen molar-refractivity contribution in [2.75, 3.05) is 5.43 Å². The Bertz CT molecular complexity index is 492. The van der Waals surface area contributed by atoms with Gasteiger partial charge in [0.05, 0.1) is 0 Å². The number of aromatic nitrogens is 1. The number of nitrogens with one attached hydrogen (secondary N) is 2. The van der Waals surface area contributed by atoms with Crippen LogP contribution in [0, 0.1) is 0 Å². The zero-order valence-corrected chi connectivity index (χ0v) is 7.90. The fourth-order valence-corrected chi connectivity index (χ4v) is 1.34. The quantitative estimate of drug-likeness (QED) is 0.641. The van der Waals surface area contributed by atoms with Crippen molar-refractivity contribution >= 4 is 22.6 Å². The van der Waals surface area contributed by atoms with Gasteiger partial charge in [-0.2, -0.15) is 0 Å². The third kappa shape index (κ3) is 1.96. The fourth-order valence-electron chi connectivity index (χ4n) is 1.34. The number of rotatable bonds is 2. The van der Waals surface area contributed by atoms with Crippen LogP contribution in [0.1, 0.15) is 0 Å². The van der Waals surface area contributed by atoms with E-state index in [1.54, 1.807) is 6.20 Å². The van der Waals surface area contributed by atoms with E-state index >= 15 is 0 Å². The number of carbonyl (C=O) groups excluding carboxylic acids is 1. The molecule has 0 fully saturated rings. The molecule has 1 heterocycles. The molecule has 2 rings (SSSR count). The number of anilines is 1. The summed E-state index contributed by atoms with van der Waals surface area (Å²) in [5.74, 6) is 0.576. The highest BCUT2D eigenvalue weighted by Crippen LogP contribution is 2.19. The monoisotopic (exact) mass is 202 g/mol. The summed E-state index contributed by atoms with van der Waals surface area (Å²) in [5, 5.41) is 1.97. The highest BCUT2D eigenvalue weighted by Gasteiger charge is 2.00. The molecule has 15 heavy (non-hydrogen) atoms. The van der Waals surface area contributed by atoms with Gasteiger partial charge in [-0.05, 0) is 11.5 Å². The molecule has 0 bridgehead atoms. The van der Waals surface area contributed by atoms with Crippen molar-refractivity contribution in [3.8, 4) is 0 Å². The van der Waals surface area contributed by atoms with Gasteiger partial charge in [-0.3, -0.25) is 10.9 Å². The van der Waals surface area contributed by atoms with Crippen molar-refractivity contribution in [3.63, 3.8) is 0 Å². The summed E-state index contributed by atoms with van der Waals surface area (Å²) in [7, 11) is 0. The van der Waals surface area contributed by atoms with E-state index in [2.05, 4.69) is 15.8 Å². The second-order valence-electron chi connectivity index (χ2n) is 2.99. The van der Waals surface area contributed by atoms with Crippen LogP contribution in [0.4, 0.5) is 10.6 Å². The van der Waals surface area contributed by atoms with Gasteiger partial charge in [-0.1, -0.05) is 24.3 Å². The fraction of sp³-hybridized carbons (Fsp3) is 0. The van der Waals surface area contributed by atoms with Crippen molar-refractivity contribution in [1.29, 1.82) is 0 Å². The maximum absolute atomic E-state index is 10.5. The van der Waals surface area contributed by atoms with Gasteiger partial charge < -0.3 is 5.73 Å². The van der Waals surface area contributed by atoms with E-state index in [-0.39, 0.29) is 0 Å². The number of carbonyl (C=O) groups is 1. The van der Waals surface area contributed by atoms with Gasteiger partial charge in [0.1, 0.15) is 0 Å². The van der Waals surface area contributed by atoms with Crippen LogP contribution in [0.15, 0.2) is 36.5 Å². The van der Waals surface area contributed by atoms with Crippen LogP contribution >= 0.6 is 0 Å². The van der Waals surface area contributed by atoms with Crippen molar-refractivity contribution in [1.82, 2.24) is 10.4 Å². The number of benzene rings is 1. The molecule has 0 aliphatic heterocycles. The molecule has 0 saturated carbocycles. The number of nitrogens with two attached hydrogens (primary N) is 1. The molecule has 2 aromatic rings. The van der Waals surface area contributed by atoms with Crippen molar-refractivity contribution in [3.05, 3.63) is 36.5 Å². The lowest BCUT2D eigenvalue weighted by Crippen LogP contribution is -2.34. The van der Waals surface area contributed by atoms with E-state index in [1.165, 1.54) is 0 Å². The summed E-state index contributed by atoms with van der Waals surface area (Å²) in [6, 6.07) is 8.96. The molecule has 0 aliphatic rings. The molecular formula is C10H10N4O. The molecular weight excluding hydrogens is 192 g/mol. The minimum atomic E-state index is -0.648. The lowest BCUT2D eigenvalue weighted by Gasteiger charge is -2.07. The van der Waals surface area contributed by atoms with Crippen LogP contribution in [0.25, 0.3) is 10.8 Å². The van der Waals surface area contributed by atoms with E-state index in [4.69, 9.17) is 5.73 Å². The summed E-state index contributed by atoms with van der Waals surface area (Å²) in [6.45, 7) is 0. The average molecular weight is 202 g/mol. The topological polar surface area (TPSA) is 80.0 Å². The summed E-state index contributed by atoms with van der Waals surface area (Å²) in [6.07, 6.45) is 1.66. The molecule has 0 unspecified atom stereocenters.